The Labute approximate surface area is 153 Å². The first kappa shape index (κ1) is 16.7. The number of piperazine rings is 1. The second kappa shape index (κ2) is 7.22. The number of furan rings is 1. The Hall–Kier alpha value is -2.79. The van der Waals surface area contributed by atoms with Crippen molar-refractivity contribution in [2.45, 2.75) is 6.54 Å². The predicted octanol–water partition coefficient (Wildman–Crippen LogP) is 3.43. The van der Waals surface area contributed by atoms with E-state index in [0.29, 0.717) is 0 Å². The molecule has 1 saturated heterocycles. The van der Waals surface area contributed by atoms with Crippen LogP contribution < -0.4 is 5.32 Å². The lowest BCUT2D eigenvalue weighted by atomic mass is 10.1. The van der Waals surface area contributed by atoms with Gasteiger partial charge in [0.2, 0.25) is 0 Å². The lowest BCUT2D eigenvalue weighted by Crippen LogP contribution is -2.47. The summed E-state index contributed by atoms with van der Waals surface area (Å²) in [7, 11) is 2.09. The van der Waals surface area contributed by atoms with Gasteiger partial charge in [0.05, 0.1) is 6.26 Å². The van der Waals surface area contributed by atoms with Crippen LogP contribution in [0.15, 0.2) is 59.2 Å². The van der Waals surface area contributed by atoms with Crippen LogP contribution in [-0.4, -0.2) is 48.9 Å². The fourth-order valence-corrected chi connectivity index (χ4v) is 3.25. The number of anilines is 1. The van der Waals surface area contributed by atoms with Crippen molar-refractivity contribution in [2.75, 3.05) is 38.5 Å². The molecule has 0 radical (unpaired) electrons. The van der Waals surface area contributed by atoms with Gasteiger partial charge in [-0.3, -0.25) is 4.79 Å². The molecule has 1 aromatic heterocycles. The summed E-state index contributed by atoms with van der Waals surface area (Å²) in [6, 6.07) is 15.9. The number of carbonyl (C=O) groups excluding carboxylic acids is 1. The van der Waals surface area contributed by atoms with E-state index in [1.54, 1.807) is 6.26 Å². The van der Waals surface area contributed by atoms with E-state index in [2.05, 4.69) is 29.4 Å². The van der Waals surface area contributed by atoms with Gasteiger partial charge < -0.3 is 19.5 Å². The average Bonchev–Trinajstić information content (AvgIpc) is 3.15. The van der Waals surface area contributed by atoms with E-state index in [1.807, 2.05) is 41.3 Å². The van der Waals surface area contributed by atoms with E-state index in [4.69, 9.17) is 4.42 Å². The van der Waals surface area contributed by atoms with Gasteiger partial charge in [-0.05, 0) is 55.1 Å². The number of carbonyl (C=O) groups is 1. The van der Waals surface area contributed by atoms with Crippen LogP contribution in [0.1, 0.15) is 15.9 Å². The summed E-state index contributed by atoms with van der Waals surface area (Å²) in [5.74, 6) is 0.120. The first-order chi connectivity index (χ1) is 12.7. The normalized spacial score (nSPS) is 15.3. The predicted molar refractivity (Wildman–Crippen MR) is 103 cm³/mol. The van der Waals surface area contributed by atoms with Gasteiger partial charge in [-0.15, -0.1) is 0 Å². The van der Waals surface area contributed by atoms with Crippen LogP contribution in [0.5, 0.6) is 0 Å². The van der Waals surface area contributed by atoms with Crippen molar-refractivity contribution < 1.29 is 9.21 Å². The summed E-state index contributed by atoms with van der Waals surface area (Å²) in [6.07, 6.45) is 1.71. The monoisotopic (exact) mass is 349 g/mol. The fraction of sp³-hybridized carbons (Fsp3) is 0.286. The summed E-state index contributed by atoms with van der Waals surface area (Å²) in [5.41, 5.74) is 3.85. The van der Waals surface area contributed by atoms with Crippen LogP contribution in [0.4, 0.5) is 5.69 Å². The average molecular weight is 349 g/mol. The minimum absolute atomic E-state index is 0.120. The van der Waals surface area contributed by atoms with E-state index in [9.17, 15) is 4.79 Å². The molecule has 4 rings (SSSR count). The lowest BCUT2D eigenvalue weighted by molar-refractivity contribution is 0.0664. The highest BCUT2D eigenvalue weighted by molar-refractivity contribution is 5.94. The topological polar surface area (TPSA) is 48.7 Å². The van der Waals surface area contributed by atoms with Gasteiger partial charge in [-0.1, -0.05) is 6.07 Å². The number of nitrogens with one attached hydrogen (secondary N) is 1. The van der Waals surface area contributed by atoms with Crippen molar-refractivity contribution in [3.63, 3.8) is 0 Å². The van der Waals surface area contributed by atoms with Crippen LogP contribution in [-0.2, 0) is 6.54 Å². The number of fused-ring (bicyclic) bond motifs is 1. The molecule has 0 atom stereocenters. The highest BCUT2D eigenvalue weighted by Crippen LogP contribution is 2.18. The third kappa shape index (κ3) is 3.58. The molecule has 26 heavy (non-hydrogen) atoms. The standard InChI is InChI=1S/C21H23N3O2/c1-23-9-11-24(12-10-23)21(25)17-3-5-19(6-4-17)22-15-16-2-7-20-18(14-16)8-13-26-20/h2-8,13-14,22H,9-12,15H2,1H3. The second-order valence-electron chi connectivity index (χ2n) is 6.82. The Balaban J connectivity index is 1.37. The van der Waals surface area contributed by atoms with Crippen LogP contribution in [0.2, 0.25) is 0 Å². The van der Waals surface area contributed by atoms with Gasteiger partial charge in [-0.2, -0.15) is 0 Å². The van der Waals surface area contributed by atoms with Crippen molar-refractivity contribution in [3.8, 4) is 0 Å². The molecule has 2 heterocycles. The minimum atomic E-state index is 0.120. The SMILES string of the molecule is CN1CCN(C(=O)c2ccc(NCc3ccc4occc4c3)cc2)CC1. The van der Waals surface area contributed by atoms with Crippen molar-refractivity contribution >= 4 is 22.6 Å². The molecular weight excluding hydrogens is 326 g/mol. The summed E-state index contributed by atoms with van der Waals surface area (Å²) in [4.78, 5) is 16.8. The van der Waals surface area contributed by atoms with Crippen LogP contribution >= 0.6 is 0 Å². The van der Waals surface area contributed by atoms with Crippen LogP contribution in [0.3, 0.4) is 0 Å². The molecule has 0 spiro atoms. The molecule has 0 aliphatic carbocycles. The molecule has 1 aliphatic heterocycles. The molecule has 0 unspecified atom stereocenters. The van der Waals surface area contributed by atoms with Gasteiger partial charge >= 0.3 is 0 Å². The molecule has 1 amide bonds. The Morgan fingerprint density at radius 3 is 2.58 bits per heavy atom. The molecule has 0 saturated carbocycles. The molecule has 1 N–H and O–H groups in total. The zero-order valence-corrected chi connectivity index (χ0v) is 14.9. The fourth-order valence-electron chi connectivity index (χ4n) is 3.25. The number of amides is 1. The first-order valence-electron chi connectivity index (χ1n) is 8.97. The summed E-state index contributed by atoms with van der Waals surface area (Å²) in [5, 5.41) is 4.52. The Kier molecular flexibility index (Phi) is 4.63. The largest absolute Gasteiger partial charge is 0.464 e. The van der Waals surface area contributed by atoms with Crippen molar-refractivity contribution in [3.05, 3.63) is 65.9 Å². The summed E-state index contributed by atoms with van der Waals surface area (Å²) >= 11 is 0. The highest BCUT2D eigenvalue weighted by atomic mass is 16.3. The molecule has 0 bridgehead atoms. The molecule has 2 aromatic carbocycles. The minimum Gasteiger partial charge on any atom is -0.464 e. The molecule has 5 heteroatoms. The maximum atomic E-state index is 12.6. The molecule has 5 nitrogen and oxygen atoms in total. The number of hydrogen-bond acceptors (Lipinski definition) is 4. The number of hydrogen-bond donors (Lipinski definition) is 1. The third-order valence-corrected chi connectivity index (χ3v) is 4.94. The molecule has 1 fully saturated rings. The molecule has 134 valence electrons. The van der Waals surface area contributed by atoms with Crippen molar-refractivity contribution in [1.29, 1.82) is 0 Å². The van der Waals surface area contributed by atoms with Crippen LogP contribution in [0, 0.1) is 0 Å². The van der Waals surface area contributed by atoms with E-state index in [-0.39, 0.29) is 5.91 Å². The lowest BCUT2D eigenvalue weighted by Gasteiger charge is -2.32. The van der Waals surface area contributed by atoms with E-state index in [1.165, 1.54) is 5.56 Å². The summed E-state index contributed by atoms with van der Waals surface area (Å²) in [6.45, 7) is 4.20. The van der Waals surface area contributed by atoms with Gasteiger partial charge in [0.25, 0.3) is 5.91 Å². The van der Waals surface area contributed by atoms with E-state index >= 15 is 0 Å². The number of benzene rings is 2. The van der Waals surface area contributed by atoms with Gasteiger partial charge in [0.15, 0.2) is 0 Å². The third-order valence-electron chi connectivity index (χ3n) is 4.94. The Morgan fingerprint density at radius 2 is 1.81 bits per heavy atom. The maximum Gasteiger partial charge on any atom is 0.253 e. The van der Waals surface area contributed by atoms with Gasteiger partial charge in [0.1, 0.15) is 5.58 Å². The molecule has 1 aliphatic rings. The number of nitrogens with zero attached hydrogens (tertiary/aromatic N) is 2. The Morgan fingerprint density at radius 1 is 1.04 bits per heavy atom. The number of likely N-dealkylation sites (N-methyl/N-ethyl adjacent to an activating group) is 1. The quantitative estimate of drug-likeness (QED) is 0.784. The molecular formula is C21H23N3O2. The zero-order valence-electron chi connectivity index (χ0n) is 14.9. The van der Waals surface area contributed by atoms with Crippen LogP contribution in [0.25, 0.3) is 11.0 Å². The van der Waals surface area contributed by atoms with E-state index in [0.717, 1.165) is 54.9 Å². The summed E-state index contributed by atoms with van der Waals surface area (Å²) < 4.78 is 5.37. The van der Waals surface area contributed by atoms with Crippen molar-refractivity contribution in [2.24, 2.45) is 0 Å². The number of rotatable bonds is 4. The maximum absolute atomic E-state index is 12.6. The smallest absolute Gasteiger partial charge is 0.253 e. The molecule has 3 aromatic rings. The second-order valence-corrected chi connectivity index (χ2v) is 6.82. The zero-order chi connectivity index (χ0) is 17.9. The van der Waals surface area contributed by atoms with Crippen molar-refractivity contribution in [1.82, 2.24) is 9.80 Å². The Bertz CT molecular complexity index is 893. The van der Waals surface area contributed by atoms with E-state index < -0.39 is 0 Å². The van der Waals surface area contributed by atoms with Gasteiger partial charge in [0, 0.05) is 49.4 Å². The first-order valence-corrected chi connectivity index (χ1v) is 8.97. The van der Waals surface area contributed by atoms with Gasteiger partial charge in [-0.25, -0.2) is 0 Å². The highest BCUT2D eigenvalue weighted by Gasteiger charge is 2.20.